The Morgan fingerprint density at radius 2 is 1.56 bits per heavy atom. The molecule has 3 aromatic carbocycles. The van der Waals surface area contributed by atoms with E-state index in [9.17, 15) is 22.0 Å². The first-order chi connectivity index (χ1) is 18.6. The van der Waals surface area contributed by atoms with Gasteiger partial charge in [-0.1, -0.05) is 6.07 Å². The van der Waals surface area contributed by atoms with E-state index >= 15 is 0 Å². The lowest BCUT2D eigenvalue weighted by molar-refractivity contribution is 0.0981. The minimum atomic E-state index is -3.79. The van der Waals surface area contributed by atoms with Crippen molar-refractivity contribution in [1.29, 1.82) is 0 Å². The van der Waals surface area contributed by atoms with Gasteiger partial charge in [0.05, 0.1) is 19.5 Å². The minimum Gasteiger partial charge on any atom is -0.493 e. The van der Waals surface area contributed by atoms with Crippen LogP contribution in [0.5, 0.6) is 17.2 Å². The number of nitrogens with one attached hydrogen (secondary N) is 1. The number of hydrogen-bond acceptors (Lipinski definition) is 7. The summed E-state index contributed by atoms with van der Waals surface area (Å²) in [4.78, 5) is 12.0. The molecule has 0 aromatic heterocycles. The van der Waals surface area contributed by atoms with E-state index in [1.165, 1.54) is 24.3 Å². The van der Waals surface area contributed by atoms with Crippen LogP contribution in [0, 0.1) is 17.6 Å². The number of halogens is 2. The Morgan fingerprint density at radius 1 is 0.897 bits per heavy atom. The number of sulfonamides is 1. The fraction of sp³-hybridized carbons (Fsp3) is 0.321. The van der Waals surface area contributed by atoms with E-state index < -0.39 is 27.6 Å². The van der Waals surface area contributed by atoms with E-state index in [2.05, 4.69) is 0 Å². The SMILES string of the molecule is COCCOc1cc(OCC2CC2)cc(-c2cc(F)cc(OCc3ccc(C(=O)NS(C)(=O)=O)cc3F)c2)c1. The zero-order valence-corrected chi connectivity index (χ0v) is 22.4. The van der Waals surface area contributed by atoms with Crippen LogP contribution in [0.3, 0.4) is 0 Å². The predicted octanol–water partition coefficient (Wildman–Crippen LogP) is 4.71. The highest BCUT2D eigenvalue weighted by Crippen LogP contribution is 2.35. The number of hydrogen-bond donors (Lipinski definition) is 1. The van der Waals surface area contributed by atoms with E-state index in [4.69, 9.17) is 18.9 Å². The molecule has 0 radical (unpaired) electrons. The lowest BCUT2D eigenvalue weighted by Crippen LogP contribution is -2.29. The van der Waals surface area contributed by atoms with Gasteiger partial charge in [0.25, 0.3) is 5.91 Å². The molecule has 0 heterocycles. The number of benzene rings is 3. The highest BCUT2D eigenvalue weighted by Gasteiger charge is 2.22. The molecule has 0 bridgehead atoms. The zero-order chi connectivity index (χ0) is 28.0. The second-order valence-electron chi connectivity index (χ2n) is 9.26. The summed E-state index contributed by atoms with van der Waals surface area (Å²) in [6, 6.07) is 13.0. The molecule has 8 nitrogen and oxygen atoms in total. The van der Waals surface area contributed by atoms with Crippen LogP contribution in [0.25, 0.3) is 11.1 Å². The number of ether oxygens (including phenoxy) is 4. The van der Waals surface area contributed by atoms with Gasteiger partial charge in [-0.25, -0.2) is 21.9 Å². The third-order valence-electron chi connectivity index (χ3n) is 5.81. The number of amides is 1. The predicted molar refractivity (Wildman–Crippen MR) is 140 cm³/mol. The van der Waals surface area contributed by atoms with Crippen molar-refractivity contribution in [2.24, 2.45) is 5.92 Å². The van der Waals surface area contributed by atoms with Crippen molar-refractivity contribution in [2.45, 2.75) is 19.4 Å². The molecule has 1 aliphatic carbocycles. The molecule has 1 fully saturated rings. The lowest BCUT2D eigenvalue weighted by atomic mass is 10.0. The van der Waals surface area contributed by atoms with Gasteiger partial charge in [0.1, 0.15) is 42.1 Å². The summed E-state index contributed by atoms with van der Waals surface area (Å²) in [5.74, 6) is -0.427. The van der Waals surface area contributed by atoms with E-state index in [-0.39, 0.29) is 23.5 Å². The Hall–Kier alpha value is -3.70. The van der Waals surface area contributed by atoms with Gasteiger partial charge in [-0.3, -0.25) is 4.79 Å². The van der Waals surface area contributed by atoms with Crippen LogP contribution < -0.4 is 18.9 Å². The molecule has 11 heteroatoms. The van der Waals surface area contributed by atoms with Crippen LogP contribution in [-0.2, 0) is 21.4 Å². The second-order valence-corrected chi connectivity index (χ2v) is 11.0. The highest BCUT2D eigenvalue weighted by molar-refractivity contribution is 7.89. The number of carbonyl (C=O) groups excluding carboxylic acids is 1. The van der Waals surface area contributed by atoms with Crippen molar-refractivity contribution in [3.63, 3.8) is 0 Å². The van der Waals surface area contributed by atoms with Crippen molar-refractivity contribution < 1.29 is 40.9 Å². The van der Waals surface area contributed by atoms with Gasteiger partial charge < -0.3 is 18.9 Å². The average Bonchev–Trinajstić information content (AvgIpc) is 3.70. The molecule has 0 atom stereocenters. The number of carbonyl (C=O) groups is 1. The Kier molecular flexibility index (Phi) is 9.03. The molecular formula is C28H29F2NO7S. The van der Waals surface area contributed by atoms with Gasteiger partial charge in [-0.05, 0) is 66.3 Å². The number of methoxy groups -OCH3 is 1. The largest absolute Gasteiger partial charge is 0.493 e. The molecule has 3 aromatic rings. The van der Waals surface area contributed by atoms with Gasteiger partial charge in [0, 0.05) is 30.4 Å². The Balaban J connectivity index is 1.51. The topological polar surface area (TPSA) is 100 Å². The second kappa shape index (κ2) is 12.4. The monoisotopic (exact) mass is 561 g/mol. The van der Waals surface area contributed by atoms with Gasteiger partial charge >= 0.3 is 0 Å². The summed E-state index contributed by atoms with van der Waals surface area (Å²) >= 11 is 0. The molecule has 1 saturated carbocycles. The summed E-state index contributed by atoms with van der Waals surface area (Å²) in [5.41, 5.74) is 1.09. The fourth-order valence-corrected chi connectivity index (χ4v) is 4.11. The summed E-state index contributed by atoms with van der Waals surface area (Å²) in [7, 11) is -2.21. The third kappa shape index (κ3) is 8.66. The first kappa shape index (κ1) is 28.3. The van der Waals surface area contributed by atoms with Crippen LogP contribution in [-0.4, -0.2) is 47.5 Å². The Morgan fingerprint density at radius 3 is 2.21 bits per heavy atom. The van der Waals surface area contributed by atoms with E-state index in [1.807, 2.05) is 0 Å². The lowest BCUT2D eigenvalue weighted by Gasteiger charge is -2.14. The molecule has 4 rings (SSSR count). The van der Waals surface area contributed by atoms with Gasteiger partial charge in [-0.2, -0.15) is 0 Å². The van der Waals surface area contributed by atoms with Crippen molar-refractivity contribution in [3.8, 4) is 28.4 Å². The van der Waals surface area contributed by atoms with Crippen molar-refractivity contribution in [3.05, 3.63) is 77.4 Å². The Bertz CT molecular complexity index is 1440. The third-order valence-corrected chi connectivity index (χ3v) is 6.37. The van der Waals surface area contributed by atoms with Gasteiger partial charge in [-0.15, -0.1) is 0 Å². The van der Waals surface area contributed by atoms with Gasteiger partial charge in [0.2, 0.25) is 10.0 Å². The molecule has 1 N–H and O–H groups in total. The zero-order valence-electron chi connectivity index (χ0n) is 21.5. The van der Waals surface area contributed by atoms with Crippen molar-refractivity contribution in [2.75, 3.05) is 33.2 Å². The molecule has 0 spiro atoms. The van der Waals surface area contributed by atoms with Crippen LogP contribution in [0.2, 0.25) is 0 Å². The van der Waals surface area contributed by atoms with Crippen LogP contribution in [0.4, 0.5) is 8.78 Å². The Labute approximate surface area is 225 Å². The molecule has 0 aliphatic heterocycles. The average molecular weight is 562 g/mol. The molecule has 0 unspecified atom stereocenters. The maximum absolute atomic E-state index is 14.6. The quantitative estimate of drug-likeness (QED) is 0.302. The summed E-state index contributed by atoms with van der Waals surface area (Å²) in [5, 5.41) is 0. The maximum Gasteiger partial charge on any atom is 0.264 e. The van der Waals surface area contributed by atoms with Crippen LogP contribution in [0.1, 0.15) is 28.8 Å². The fourth-order valence-electron chi connectivity index (χ4n) is 3.65. The smallest absolute Gasteiger partial charge is 0.264 e. The minimum absolute atomic E-state index is 0.0982. The summed E-state index contributed by atoms with van der Waals surface area (Å²) in [6.45, 7) is 1.08. The first-order valence-corrected chi connectivity index (χ1v) is 14.1. The highest BCUT2D eigenvalue weighted by atomic mass is 32.2. The van der Waals surface area contributed by atoms with E-state index in [0.717, 1.165) is 25.2 Å². The molecule has 39 heavy (non-hydrogen) atoms. The standard InChI is InChI=1S/C28H29F2NO7S/c1-35-7-8-36-25-11-22(12-26(15-25)37-16-18-3-4-18)21-9-23(29)14-24(10-21)38-17-20-6-5-19(13-27(20)30)28(32)31-39(2,33)34/h5-6,9-15,18H,3-4,7-8,16-17H2,1-2H3,(H,31,32). The molecule has 1 aliphatic rings. The van der Waals surface area contributed by atoms with Crippen molar-refractivity contribution >= 4 is 15.9 Å². The maximum atomic E-state index is 14.6. The van der Waals surface area contributed by atoms with Crippen LogP contribution >= 0.6 is 0 Å². The van der Waals surface area contributed by atoms with Gasteiger partial charge in [0.15, 0.2) is 0 Å². The molecule has 208 valence electrons. The van der Waals surface area contributed by atoms with Crippen LogP contribution in [0.15, 0.2) is 54.6 Å². The normalized spacial score (nSPS) is 13.1. The first-order valence-electron chi connectivity index (χ1n) is 12.2. The molecular weight excluding hydrogens is 532 g/mol. The van der Waals surface area contributed by atoms with E-state index in [1.54, 1.807) is 36.1 Å². The molecule has 1 amide bonds. The molecule has 0 saturated heterocycles. The van der Waals surface area contributed by atoms with E-state index in [0.29, 0.717) is 48.4 Å². The number of rotatable bonds is 13. The summed E-state index contributed by atoms with van der Waals surface area (Å²) in [6.07, 6.45) is 3.10. The summed E-state index contributed by atoms with van der Waals surface area (Å²) < 4.78 is 75.9. The van der Waals surface area contributed by atoms with Crippen molar-refractivity contribution in [1.82, 2.24) is 4.72 Å².